The van der Waals surface area contributed by atoms with Crippen molar-refractivity contribution >= 4 is 30.2 Å². The third kappa shape index (κ3) is 5.13. The average molecular weight is 750 g/mol. The van der Waals surface area contributed by atoms with Gasteiger partial charge in [0, 0.05) is 0 Å². The number of allylic oxidation sites excluding steroid dienone is 2. The van der Waals surface area contributed by atoms with Gasteiger partial charge in [0.25, 0.3) is 0 Å². The monoisotopic (exact) mass is 748 g/mol. The van der Waals surface area contributed by atoms with Crippen LogP contribution in [-0.4, -0.2) is 6.88 Å². The molecule has 8 rings (SSSR count). The van der Waals surface area contributed by atoms with Crippen molar-refractivity contribution in [1.29, 1.82) is 0 Å². The molecule has 50 heavy (non-hydrogen) atoms. The Balaban J connectivity index is 1.44. The maximum absolute atomic E-state index is 6.57. The zero-order valence-corrected chi connectivity index (χ0v) is 34.4. The van der Waals surface area contributed by atoms with E-state index in [0.29, 0.717) is 0 Å². The van der Waals surface area contributed by atoms with Crippen molar-refractivity contribution < 1.29 is 26.2 Å². The summed E-state index contributed by atoms with van der Waals surface area (Å²) in [7, 11) is 0. The molecule has 0 aliphatic heterocycles. The van der Waals surface area contributed by atoms with Gasteiger partial charge in [-0.1, -0.05) is 0 Å². The van der Waals surface area contributed by atoms with Crippen LogP contribution in [0.2, 0.25) is 9.26 Å². The van der Waals surface area contributed by atoms with Gasteiger partial charge >= 0.3 is 301 Å². The molecule has 0 bridgehead atoms. The van der Waals surface area contributed by atoms with Crippen LogP contribution in [-0.2, 0) is 17.4 Å². The molecule has 0 saturated carbocycles. The zero-order valence-electron chi connectivity index (χ0n) is 30.6. The maximum atomic E-state index is 6.57. The van der Waals surface area contributed by atoms with E-state index in [1.165, 1.54) is 77.9 Å². The second-order valence-corrected chi connectivity index (χ2v) is 46.4. The van der Waals surface area contributed by atoms with Gasteiger partial charge in [0.1, 0.15) is 0 Å². The quantitative estimate of drug-likeness (QED) is 0.159. The van der Waals surface area contributed by atoms with Gasteiger partial charge in [-0.25, -0.2) is 0 Å². The normalized spacial score (nSPS) is 17.1. The van der Waals surface area contributed by atoms with Crippen molar-refractivity contribution in [1.82, 2.24) is 0 Å². The Morgan fingerprint density at radius 3 is 1.24 bits per heavy atom. The molecule has 0 radical (unpaired) electrons. The van der Waals surface area contributed by atoms with Crippen LogP contribution in [0.5, 0.6) is 0 Å². The SMILES string of the molecule is Cc1ccc(C2=Cc3c(cc(C)c(C)c3-c3ccccc3)[CH]2[Zr]([CH3])([CH3])(=[SiH2])[CH]2C(c3ccc(C)o3)=Cc3c2cc(C)c(C)c3-c2ccccc2)o1. The minimum absolute atomic E-state index is 0.231. The summed E-state index contributed by atoms with van der Waals surface area (Å²) < 4.78 is 19.0. The van der Waals surface area contributed by atoms with Crippen molar-refractivity contribution in [3.63, 3.8) is 0 Å². The Kier molecular flexibility index (Phi) is 7.82. The summed E-state index contributed by atoms with van der Waals surface area (Å²) in [5.74, 6) is 3.89. The van der Waals surface area contributed by atoms with Gasteiger partial charge in [-0.05, 0) is 0 Å². The summed E-state index contributed by atoms with van der Waals surface area (Å²) in [6.45, 7) is 15.7. The molecular weight excluding hydrogens is 704 g/mol. The van der Waals surface area contributed by atoms with Crippen LogP contribution >= 0.6 is 0 Å². The van der Waals surface area contributed by atoms with E-state index in [4.69, 9.17) is 8.83 Å². The summed E-state index contributed by atoms with van der Waals surface area (Å²) in [5, 5.41) is 0. The van der Waals surface area contributed by atoms with Crippen LogP contribution < -0.4 is 0 Å². The van der Waals surface area contributed by atoms with E-state index >= 15 is 0 Å². The van der Waals surface area contributed by atoms with Gasteiger partial charge in [-0.2, -0.15) is 0 Å². The minimum atomic E-state index is -4.18. The molecule has 4 aromatic carbocycles. The van der Waals surface area contributed by atoms with E-state index in [-0.39, 0.29) is 7.25 Å². The molecule has 2 unspecified atom stereocenters. The van der Waals surface area contributed by atoms with Crippen LogP contribution in [0.3, 0.4) is 0 Å². The standard InChI is InChI=1S/2C22H19O.2CH3.H2Si.Zr/c2*1-14-11-18-12-19(21-10-9-15(2)23-21)13-20(18)22(16(14)3)17-7-5-4-6-8-17;;;;/h2*4-13H,1-3H3;2*1H3;1H2;. The first-order valence-corrected chi connectivity index (χ1v) is 31.5. The summed E-state index contributed by atoms with van der Waals surface area (Å²) >= 11 is -4.18. The summed E-state index contributed by atoms with van der Waals surface area (Å²) in [5.41, 5.74) is 18.9. The van der Waals surface area contributed by atoms with Crippen molar-refractivity contribution in [2.45, 2.75) is 58.1 Å². The first-order chi connectivity index (χ1) is 23.8. The van der Waals surface area contributed by atoms with Gasteiger partial charge in [0.15, 0.2) is 0 Å². The molecule has 250 valence electrons. The number of fused-ring (bicyclic) bond motifs is 2. The fourth-order valence-corrected chi connectivity index (χ4v) is 27.6. The molecule has 0 spiro atoms. The second-order valence-electron chi connectivity index (χ2n) is 15.9. The molecule has 0 amide bonds. The Hall–Kier alpha value is -3.98. The third-order valence-corrected chi connectivity index (χ3v) is 29.0. The summed E-state index contributed by atoms with van der Waals surface area (Å²) in [6.07, 6.45) is 4.99. The first kappa shape index (κ1) is 33.2. The Bertz CT molecular complexity index is 2300. The molecule has 6 aromatic rings. The number of hydrogen-bond donors (Lipinski definition) is 0. The van der Waals surface area contributed by atoms with Gasteiger partial charge in [-0.3, -0.25) is 0 Å². The Morgan fingerprint density at radius 2 is 0.900 bits per heavy atom. The molecule has 0 N–H and O–H groups in total. The Morgan fingerprint density at radius 1 is 0.520 bits per heavy atom. The van der Waals surface area contributed by atoms with Gasteiger partial charge in [0.2, 0.25) is 0 Å². The van der Waals surface area contributed by atoms with E-state index in [1.807, 2.05) is 0 Å². The predicted molar refractivity (Wildman–Crippen MR) is 211 cm³/mol. The molecule has 2 heterocycles. The van der Waals surface area contributed by atoms with Gasteiger partial charge < -0.3 is 0 Å². The predicted octanol–water partition coefficient (Wildman–Crippen LogP) is 12.3. The van der Waals surface area contributed by atoms with E-state index in [2.05, 4.69) is 167 Å². The number of furan rings is 2. The van der Waals surface area contributed by atoms with E-state index in [9.17, 15) is 0 Å². The van der Waals surface area contributed by atoms with Crippen LogP contribution in [0.1, 0.15) is 74.8 Å². The van der Waals surface area contributed by atoms with Gasteiger partial charge in [0.05, 0.1) is 0 Å². The summed E-state index contributed by atoms with van der Waals surface area (Å²) in [4.78, 5) is 0. The fraction of sp³-hybridized carbons (Fsp3) is 0.217. The first-order valence-electron chi connectivity index (χ1n) is 17.9. The van der Waals surface area contributed by atoms with Crippen molar-refractivity contribution in [3.8, 4) is 22.3 Å². The van der Waals surface area contributed by atoms with E-state index in [0.717, 1.165) is 23.0 Å². The van der Waals surface area contributed by atoms with E-state index < -0.39 is 17.4 Å². The molecular formula is C46H46O2SiZr. The van der Waals surface area contributed by atoms with Gasteiger partial charge in [-0.15, -0.1) is 0 Å². The number of aryl methyl sites for hydroxylation is 4. The van der Waals surface area contributed by atoms with Crippen molar-refractivity contribution in [3.05, 3.63) is 165 Å². The number of rotatable bonds is 6. The van der Waals surface area contributed by atoms with Crippen LogP contribution in [0.25, 0.3) is 45.6 Å². The van der Waals surface area contributed by atoms with Crippen molar-refractivity contribution in [2.75, 3.05) is 0 Å². The zero-order chi connectivity index (χ0) is 35.1. The molecule has 2 atom stereocenters. The van der Waals surface area contributed by atoms with Crippen LogP contribution in [0, 0.1) is 41.5 Å². The molecule has 0 fully saturated rings. The van der Waals surface area contributed by atoms with Crippen LogP contribution in [0.4, 0.5) is 0 Å². The Labute approximate surface area is 299 Å². The molecule has 0 saturated heterocycles. The fourth-order valence-electron chi connectivity index (χ4n) is 9.30. The second kappa shape index (κ2) is 11.8. The number of hydrogen-bond acceptors (Lipinski definition) is 2. The summed E-state index contributed by atoms with van der Waals surface area (Å²) in [6, 6.07) is 35.6. The molecule has 2 aromatic heterocycles. The van der Waals surface area contributed by atoms with Crippen LogP contribution in [0.15, 0.2) is 106 Å². The molecule has 2 nitrogen and oxygen atoms in total. The molecule has 2 aliphatic carbocycles. The third-order valence-electron chi connectivity index (χ3n) is 11.8. The van der Waals surface area contributed by atoms with Crippen molar-refractivity contribution in [2.24, 2.45) is 0 Å². The molecule has 4 heteroatoms. The topological polar surface area (TPSA) is 26.3 Å². The van der Waals surface area contributed by atoms with E-state index in [1.54, 1.807) is 0 Å². The number of benzene rings is 4. The average Bonchev–Trinajstić information content (AvgIpc) is 3.88. The molecule has 2 aliphatic rings.